The monoisotopic (exact) mass is 188 g/mol. The van der Waals surface area contributed by atoms with Gasteiger partial charge in [0.05, 0.1) is 0 Å². The molecular formula is C12H12O2. The molecule has 0 radical (unpaired) electrons. The highest BCUT2D eigenvalue weighted by molar-refractivity contribution is 5.94. The highest BCUT2D eigenvalue weighted by Crippen LogP contribution is 2.29. The molecule has 0 saturated carbocycles. The van der Waals surface area contributed by atoms with Gasteiger partial charge in [0.2, 0.25) is 0 Å². The van der Waals surface area contributed by atoms with E-state index in [0.717, 1.165) is 22.6 Å². The van der Waals surface area contributed by atoms with Crippen LogP contribution in [0.4, 0.5) is 0 Å². The number of ether oxygens (including phenoxy) is 1. The molecule has 1 aromatic rings. The fourth-order valence-electron chi connectivity index (χ4n) is 1.66. The number of fused-ring (bicyclic) bond motifs is 1. The molecule has 0 atom stereocenters. The largest absolute Gasteiger partial charge is 0.461 e. The van der Waals surface area contributed by atoms with Crippen molar-refractivity contribution in [2.45, 2.75) is 20.3 Å². The molecular weight excluding hydrogens is 176 g/mol. The highest BCUT2D eigenvalue weighted by Gasteiger charge is 2.18. The molecule has 1 heterocycles. The Morgan fingerprint density at radius 2 is 2.07 bits per heavy atom. The third kappa shape index (κ3) is 1.43. The molecule has 1 aliphatic rings. The summed E-state index contributed by atoms with van der Waals surface area (Å²) < 4.78 is 5.56. The van der Waals surface area contributed by atoms with Crippen LogP contribution in [0.2, 0.25) is 0 Å². The van der Waals surface area contributed by atoms with E-state index >= 15 is 0 Å². The van der Waals surface area contributed by atoms with Crippen molar-refractivity contribution in [2.75, 3.05) is 0 Å². The summed E-state index contributed by atoms with van der Waals surface area (Å²) in [6.45, 7) is 3.42. The van der Waals surface area contributed by atoms with Crippen LogP contribution in [-0.2, 0) is 11.2 Å². The van der Waals surface area contributed by atoms with E-state index in [0.29, 0.717) is 6.42 Å². The Kier molecular flexibility index (Phi) is 2.12. The fourth-order valence-corrected chi connectivity index (χ4v) is 1.66. The van der Waals surface area contributed by atoms with Crippen molar-refractivity contribution in [1.29, 1.82) is 0 Å². The smallest absolute Gasteiger partial charge is 0.159 e. The van der Waals surface area contributed by atoms with E-state index in [1.54, 1.807) is 6.92 Å². The number of allylic oxidation sites excluding steroid dienone is 2. The minimum absolute atomic E-state index is 0.0944. The Balaban J connectivity index is 2.41. The first-order chi connectivity index (χ1) is 6.68. The Morgan fingerprint density at radius 1 is 1.36 bits per heavy atom. The van der Waals surface area contributed by atoms with Gasteiger partial charge in [-0.1, -0.05) is 18.2 Å². The van der Waals surface area contributed by atoms with Crippen LogP contribution < -0.4 is 4.74 Å². The van der Waals surface area contributed by atoms with Gasteiger partial charge in [-0.15, -0.1) is 0 Å². The lowest BCUT2D eigenvalue weighted by molar-refractivity contribution is -0.113. The van der Waals surface area contributed by atoms with Crippen molar-refractivity contribution in [3.63, 3.8) is 0 Å². The van der Waals surface area contributed by atoms with Gasteiger partial charge in [-0.25, -0.2) is 0 Å². The summed E-state index contributed by atoms with van der Waals surface area (Å²) in [5.41, 5.74) is 1.87. The lowest BCUT2D eigenvalue weighted by Gasteiger charge is -2.19. The molecule has 0 amide bonds. The highest BCUT2D eigenvalue weighted by atomic mass is 16.5. The van der Waals surface area contributed by atoms with Gasteiger partial charge in [0.15, 0.2) is 5.78 Å². The fraction of sp³-hybridized carbons (Fsp3) is 0.250. The van der Waals surface area contributed by atoms with Crippen LogP contribution in [0, 0.1) is 0 Å². The average molecular weight is 188 g/mol. The van der Waals surface area contributed by atoms with Crippen LogP contribution in [0.5, 0.6) is 5.75 Å². The Morgan fingerprint density at radius 3 is 2.79 bits per heavy atom. The summed E-state index contributed by atoms with van der Waals surface area (Å²) in [6.07, 6.45) is 0.692. The maximum absolute atomic E-state index is 11.3. The van der Waals surface area contributed by atoms with Gasteiger partial charge in [-0.3, -0.25) is 4.79 Å². The number of rotatable bonds is 1. The SMILES string of the molecule is CC(=O)C1=C(C)Oc2ccccc2C1. The number of carbonyl (C=O) groups is 1. The molecule has 0 aliphatic carbocycles. The molecule has 2 rings (SSSR count). The summed E-state index contributed by atoms with van der Waals surface area (Å²) in [7, 11) is 0. The molecule has 1 aromatic carbocycles. The Bertz CT molecular complexity index is 416. The molecule has 0 unspecified atom stereocenters. The molecule has 0 aromatic heterocycles. The predicted octanol–water partition coefficient (Wildman–Crippen LogP) is 2.48. The second-order valence-electron chi connectivity index (χ2n) is 3.48. The van der Waals surface area contributed by atoms with Crippen LogP contribution in [0.25, 0.3) is 0 Å². The van der Waals surface area contributed by atoms with Crippen LogP contribution >= 0.6 is 0 Å². The molecule has 14 heavy (non-hydrogen) atoms. The summed E-state index contributed by atoms with van der Waals surface area (Å²) >= 11 is 0. The topological polar surface area (TPSA) is 26.3 Å². The number of para-hydroxylation sites is 1. The van der Waals surface area contributed by atoms with Gasteiger partial charge < -0.3 is 4.74 Å². The van der Waals surface area contributed by atoms with Gasteiger partial charge in [-0.2, -0.15) is 0 Å². The van der Waals surface area contributed by atoms with Gasteiger partial charge in [-0.05, 0) is 25.5 Å². The van der Waals surface area contributed by atoms with Crippen molar-refractivity contribution in [2.24, 2.45) is 0 Å². The number of benzene rings is 1. The molecule has 2 heteroatoms. The Labute approximate surface area is 83.2 Å². The molecule has 2 nitrogen and oxygen atoms in total. The Hall–Kier alpha value is -1.57. The first-order valence-corrected chi connectivity index (χ1v) is 4.65. The third-order valence-electron chi connectivity index (χ3n) is 2.45. The molecule has 0 bridgehead atoms. The lowest BCUT2D eigenvalue weighted by atomic mass is 9.98. The molecule has 1 aliphatic heterocycles. The third-order valence-corrected chi connectivity index (χ3v) is 2.45. The average Bonchev–Trinajstić information content (AvgIpc) is 2.16. The van der Waals surface area contributed by atoms with Gasteiger partial charge in [0.25, 0.3) is 0 Å². The first-order valence-electron chi connectivity index (χ1n) is 4.65. The van der Waals surface area contributed by atoms with Crippen molar-refractivity contribution < 1.29 is 9.53 Å². The standard InChI is InChI=1S/C12H12O2/c1-8(13)11-7-10-5-3-4-6-12(10)14-9(11)2/h3-6H,7H2,1-2H3. The first kappa shape index (κ1) is 9.00. The number of ketones is 1. The normalized spacial score (nSPS) is 14.7. The minimum atomic E-state index is 0.0944. The number of hydrogen-bond donors (Lipinski definition) is 0. The summed E-state index contributed by atoms with van der Waals surface area (Å²) in [5, 5.41) is 0. The van der Waals surface area contributed by atoms with Crippen LogP contribution in [0.1, 0.15) is 19.4 Å². The predicted molar refractivity (Wildman–Crippen MR) is 54.2 cm³/mol. The van der Waals surface area contributed by atoms with E-state index in [9.17, 15) is 4.79 Å². The summed E-state index contributed by atoms with van der Waals surface area (Å²) in [5.74, 6) is 1.70. The van der Waals surface area contributed by atoms with Gasteiger partial charge >= 0.3 is 0 Å². The zero-order valence-corrected chi connectivity index (χ0v) is 8.33. The summed E-state index contributed by atoms with van der Waals surface area (Å²) in [4.78, 5) is 11.3. The quantitative estimate of drug-likeness (QED) is 0.676. The van der Waals surface area contributed by atoms with E-state index in [4.69, 9.17) is 4.74 Å². The zero-order valence-electron chi connectivity index (χ0n) is 8.33. The second-order valence-corrected chi connectivity index (χ2v) is 3.48. The van der Waals surface area contributed by atoms with Gasteiger partial charge in [0.1, 0.15) is 11.5 Å². The van der Waals surface area contributed by atoms with E-state index < -0.39 is 0 Å². The van der Waals surface area contributed by atoms with Crippen molar-refractivity contribution in [3.05, 3.63) is 41.2 Å². The van der Waals surface area contributed by atoms with Crippen LogP contribution in [-0.4, -0.2) is 5.78 Å². The number of hydrogen-bond acceptors (Lipinski definition) is 2. The van der Waals surface area contributed by atoms with Crippen LogP contribution in [0.15, 0.2) is 35.6 Å². The molecule has 0 N–H and O–H groups in total. The van der Waals surface area contributed by atoms with Gasteiger partial charge in [0, 0.05) is 12.0 Å². The van der Waals surface area contributed by atoms with E-state index in [2.05, 4.69) is 0 Å². The lowest BCUT2D eigenvalue weighted by Crippen LogP contribution is -2.13. The number of carbonyl (C=O) groups excluding carboxylic acids is 1. The minimum Gasteiger partial charge on any atom is -0.461 e. The second kappa shape index (κ2) is 3.29. The summed E-state index contributed by atoms with van der Waals surface area (Å²) in [6, 6.07) is 7.81. The van der Waals surface area contributed by atoms with Crippen LogP contribution in [0.3, 0.4) is 0 Å². The van der Waals surface area contributed by atoms with E-state index in [-0.39, 0.29) is 5.78 Å². The molecule has 0 saturated heterocycles. The van der Waals surface area contributed by atoms with Crippen molar-refractivity contribution in [3.8, 4) is 5.75 Å². The van der Waals surface area contributed by atoms with E-state index in [1.807, 2.05) is 31.2 Å². The van der Waals surface area contributed by atoms with E-state index in [1.165, 1.54) is 0 Å². The maximum atomic E-state index is 11.3. The molecule has 0 spiro atoms. The molecule has 72 valence electrons. The van der Waals surface area contributed by atoms with Crippen molar-refractivity contribution >= 4 is 5.78 Å². The number of Topliss-reactive ketones (excluding diaryl/α,β-unsaturated/α-hetero) is 1. The maximum Gasteiger partial charge on any atom is 0.159 e. The van der Waals surface area contributed by atoms with Crippen molar-refractivity contribution in [1.82, 2.24) is 0 Å². The zero-order chi connectivity index (χ0) is 10.1. The molecule has 0 fully saturated rings.